The smallest absolute Gasteiger partial charge is 0.235 e. The van der Waals surface area contributed by atoms with Crippen molar-refractivity contribution in [3.63, 3.8) is 0 Å². The fourth-order valence-corrected chi connectivity index (χ4v) is 4.19. The Balaban J connectivity index is 2.57. The number of hydrogen-bond donors (Lipinski definition) is 1. The van der Waals surface area contributed by atoms with E-state index >= 15 is 0 Å². The number of primary amides is 1. The summed E-state index contributed by atoms with van der Waals surface area (Å²) in [6.07, 6.45) is 0.513. The predicted octanol–water partition coefficient (Wildman–Crippen LogP) is 3.77. The molecule has 2 rings (SSSR count). The molecule has 1 aromatic carbocycles. The van der Waals surface area contributed by atoms with Gasteiger partial charge in [0.05, 0.1) is 12.1 Å². The van der Waals surface area contributed by atoms with Crippen LogP contribution >= 0.6 is 11.8 Å². The maximum Gasteiger partial charge on any atom is 0.235 e. The van der Waals surface area contributed by atoms with Gasteiger partial charge in [0.1, 0.15) is 22.2 Å². The summed E-state index contributed by atoms with van der Waals surface area (Å²) in [6, 6.07) is 11.4. The van der Waals surface area contributed by atoms with Crippen LogP contribution in [0, 0.1) is 17.9 Å². The fourth-order valence-electron chi connectivity index (χ4n) is 3.13. The van der Waals surface area contributed by atoms with Gasteiger partial charge in [0.25, 0.3) is 0 Å². The third kappa shape index (κ3) is 5.75. The molecule has 162 valence electrons. The Morgan fingerprint density at radius 2 is 1.97 bits per heavy atom. The average molecular weight is 437 g/mol. The third-order valence-electron chi connectivity index (χ3n) is 5.11. The van der Waals surface area contributed by atoms with E-state index in [1.54, 1.807) is 0 Å². The number of nitrogens with zero attached hydrogens (tertiary/aromatic N) is 5. The van der Waals surface area contributed by atoms with Crippen LogP contribution in [-0.2, 0) is 11.2 Å². The quantitative estimate of drug-likeness (QED) is 0.450. The first-order valence-corrected chi connectivity index (χ1v) is 11.0. The Morgan fingerprint density at radius 1 is 1.29 bits per heavy atom. The molecule has 2 N–H and O–H groups in total. The zero-order chi connectivity index (χ0) is 23.0. The molecule has 1 unspecified atom stereocenters. The average Bonchev–Trinajstić information content (AvgIpc) is 2.79. The molecular weight excluding hydrogens is 408 g/mol. The summed E-state index contributed by atoms with van der Waals surface area (Å²) >= 11 is 1.16. The molecule has 0 aliphatic rings. The molecule has 7 nitrogen and oxygen atoms in total. The van der Waals surface area contributed by atoms with E-state index in [0.717, 1.165) is 30.4 Å². The van der Waals surface area contributed by atoms with Crippen molar-refractivity contribution in [3.8, 4) is 6.07 Å². The maximum absolute atomic E-state index is 12.2. The van der Waals surface area contributed by atoms with Crippen LogP contribution in [0.3, 0.4) is 0 Å². The lowest BCUT2D eigenvalue weighted by Gasteiger charge is -2.25. The van der Waals surface area contributed by atoms with Crippen LogP contribution in [0.25, 0.3) is 4.85 Å². The van der Waals surface area contributed by atoms with Crippen molar-refractivity contribution in [3.05, 3.63) is 58.4 Å². The number of nitrogens with two attached hydrogens (primary N) is 1. The van der Waals surface area contributed by atoms with E-state index in [1.807, 2.05) is 56.3 Å². The number of thioether (sulfide) groups is 1. The van der Waals surface area contributed by atoms with Crippen LogP contribution in [0.15, 0.2) is 35.4 Å². The van der Waals surface area contributed by atoms with E-state index in [4.69, 9.17) is 17.3 Å². The number of pyridine rings is 1. The van der Waals surface area contributed by atoms with E-state index in [0.29, 0.717) is 40.6 Å². The lowest BCUT2D eigenvalue weighted by atomic mass is 10.1. The van der Waals surface area contributed by atoms with Crippen molar-refractivity contribution in [1.82, 2.24) is 9.88 Å². The molecule has 0 aliphatic carbocycles. The number of rotatable bonds is 10. The molecule has 0 bridgehead atoms. The number of carbonyl (C=O) groups excluding carboxylic acids is 1. The van der Waals surface area contributed by atoms with Crippen LogP contribution in [0.2, 0.25) is 0 Å². The van der Waals surface area contributed by atoms with Gasteiger partial charge in [0, 0.05) is 20.1 Å². The zero-order valence-electron chi connectivity index (χ0n) is 18.4. The summed E-state index contributed by atoms with van der Waals surface area (Å²) in [5, 5.41) is 9.60. The highest BCUT2D eigenvalue weighted by molar-refractivity contribution is 8.00. The van der Waals surface area contributed by atoms with Crippen molar-refractivity contribution >= 4 is 29.2 Å². The number of benzene rings is 1. The molecule has 8 heteroatoms. The van der Waals surface area contributed by atoms with E-state index < -0.39 is 11.2 Å². The molecule has 0 saturated heterocycles. The number of amides is 1. The van der Waals surface area contributed by atoms with Crippen LogP contribution < -0.4 is 10.6 Å². The summed E-state index contributed by atoms with van der Waals surface area (Å²) in [7, 11) is 3.93. The normalized spacial score (nSPS) is 11.6. The summed E-state index contributed by atoms with van der Waals surface area (Å²) < 4.78 is 0. The third-order valence-corrected chi connectivity index (χ3v) is 6.37. The fraction of sp³-hybridized carbons (Fsp3) is 0.391. The number of aromatic nitrogens is 1. The number of carbonyl (C=O) groups is 1. The molecule has 0 spiro atoms. The molecular formula is C23H28N6OS. The second kappa shape index (κ2) is 11.4. The van der Waals surface area contributed by atoms with Gasteiger partial charge in [0.15, 0.2) is 0 Å². The molecule has 1 heterocycles. The van der Waals surface area contributed by atoms with Gasteiger partial charge in [-0.2, -0.15) is 5.26 Å². The topological polar surface area (TPSA) is 90.6 Å². The Bertz CT molecular complexity index is 996. The number of nitriles is 1. The standard InChI is InChI=1S/C23H28N6OS/c1-6-17-18(15-24)23(31-20(21(25)30)16-11-9-8-10-12-16)27-22(19(17)26-3)29(5)14-13-28(4)7-2/h8-12,20H,6-7,13-14H2,1-2,4-5H3,(H2,25,30). The van der Waals surface area contributed by atoms with Crippen molar-refractivity contribution in [2.24, 2.45) is 5.73 Å². The highest BCUT2D eigenvalue weighted by Crippen LogP contribution is 2.42. The SMILES string of the molecule is [C-]#[N+]c1c(N(C)CCN(C)CC)nc(SC(C(N)=O)c2ccccc2)c(C#N)c1CC. The highest BCUT2D eigenvalue weighted by Gasteiger charge is 2.26. The maximum atomic E-state index is 12.2. The number of likely N-dealkylation sites (N-methyl/N-ethyl adjacent to an activating group) is 2. The van der Waals surface area contributed by atoms with Gasteiger partial charge >= 0.3 is 0 Å². The van der Waals surface area contributed by atoms with Gasteiger partial charge < -0.3 is 15.5 Å². The van der Waals surface area contributed by atoms with Gasteiger partial charge in [-0.15, -0.1) is 0 Å². The van der Waals surface area contributed by atoms with Gasteiger partial charge in [0.2, 0.25) is 11.6 Å². The predicted molar refractivity (Wildman–Crippen MR) is 125 cm³/mol. The van der Waals surface area contributed by atoms with Gasteiger partial charge in [-0.05, 0) is 31.1 Å². The monoisotopic (exact) mass is 436 g/mol. The van der Waals surface area contributed by atoms with Gasteiger partial charge in [-0.3, -0.25) is 4.79 Å². The molecule has 0 saturated carbocycles. The molecule has 2 aromatic rings. The largest absolute Gasteiger partial charge is 0.368 e. The summed E-state index contributed by atoms with van der Waals surface area (Å²) in [4.78, 5) is 24.8. The van der Waals surface area contributed by atoms with Gasteiger partial charge in [-0.25, -0.2) is 9.83 Å². The first kappa shape index (κ1) is 24.2. The van der Waals surface area contributed by atoms with Crippen molar-refractivity contribution in [1.29, 1.82) is 5.26 Å². The van der Waals surface area contributed by atoms with Crippen LogP contribution in [-0.4, -0.2) is 49.5 Å². The van der Waals surface area contributed by atoms with Gasteiger partial charge in [-0.1, -0.05) is 55.9 Å². The molecule has 1 aromatic heterocycles. The molecule has 1 atom stereocenters. The van der Waals surface area contributed by atoms with Crippen LogP contribution in [0.5, 0.6) is 0 Å². The molecule has 0 aliphatic heterocycles. The highest BCUT2D eigenvalue weighted by atomic mass is 32.2. The number of hydrogen-bond acceptors (Lipinski definition) is 6. The Kier molecular flexibility index (Phi) is 8.87. The summed E-state index contributed by atoms with van der Waals surface area (Å²) in [6.45, 7) is 14.1. The van der Waals surface area contributed by atoms with Crippen molar-refractivity contribution < 1.29 is 4.79 Å². The van der Waals surface area contributed by atoms with Crippen LogP contribution in [0.1, 0.15) is 35.8 Å². The van der Waals surface area contributed by atoms with Crippen molar-refractivity contribution in [2.45, 2.75) is 30.5 Å². The van der Waals surface area contributed by atoms with E-state index in [1.165, 1.54) is 0 Å². The first-order valence-electron chi connectivity index (χ1n) is 10.1. The van der Waals surface area contributed by atoms with E-state index in [2.05, 4.69) is 22.7 Å². The first-order chi connectivity index (χ1) is 14.9. The molecule has 1 amide bonds. The Hall–Kier alpha value is -3.07. The van der Waals surface area contributed by atoms with Crippen LogP contribution in [0.4, 0.5) is 11.5 Å². The zero-order valence-corrected chi connectivity index (χ0v) is 19.2. The summed E-state index contributed by atoms with van der Waals surface area (Å²) in [5.41, 5.74) is 7.82. The number of anilines is 1. The summed E-state index contributed by atoms with van der Waals surface area (Å²) in [5.74, 6) is 0.0165. The van der Waals surface area contributed by atoms with Crippen molar-refractivity contribution in [2.75, 3.05) is 38.6 Å². The molecule has 0 fully saturated rings. The lowest BCUT2D eigenvalue weighted by Crippen LogP contribution is -2.31. The minimum atomic E-state index is -0.686. The second-order valence-corrected chi connectivity index (χ2v) is 8.24. The van der Waals surface area contributed by atoms with E-state index in [9.17, 15) is 10.1 Å². The lowest BCUT2D eigenvalue weighted by molar-refractivity contribution is -0.117. The second-order valence-electron chi connectivity index (χ2n) is 7.15. The molecule has 0 radical (unpaired) electrons. The Morgan fingerprint density at radius 3 is 2.48 bits per heavy atom. The minimum Gasteiger partial charge on any atom is -0.368 e. The van der Waals surface area contributed by atoms with E-state index in [-0.39, 0.29) is 0 Å². The Labute approximate surface area is 188 Å². The molecule has 31 heavy (non-hydrogen) atoms. The minimum absolute atomic E-state index is 0.337.